The van der Waals surface area contributed by atoms with Crippen molar-refractivity contribution in [3.63, 3.8) is 0 Å². The van der Waals surface area contributed by atoms with Gasteiger partial charge in [-0.15, -0.1) is 0 Å². The summed E-state index contributed by atoms with van der Waals surface area (Å²) in [6.45, 7) is 2.10. The van der Waals surface area contributed by atoms with E-state index in [9.17, 15) is 4.79 Å². The van der Waals surface area contributed by atoms with Crippen molar-refractivity contribution < 1.29 is 4.79 Å². The first-order valence-corrected chi connectivity index (χ1v) is 6.55. The Hall–Kier alpha value is -0.730. The highest BCUT2D eigenvalue weighted by Gasteiger charge is 2.35. The molecule has 2 nitrogen and oxygen atoms in total. The van der Waals surface area contributed by atoms with Crippen LogP contribution in [0.15, 0.2) is 18.2 Å². The van der Waals surface area contributed by atoms with E-state index in [-0.39, 0.29) is 11.4 Å². The standard InChI is InChI=1S/C13H15Cl2NO/c1-2-13(6-5-12(17)16-13)8-9-3-4-10(14)11(15)7-9/h3-4,7H,2,5-6,8H2,1H3,(H,16,17). The lowest BCUT2D eigenvalue weighted by atomic mass is 9.87. The second-order valence-electron chi connectivity index (χ2n) is 4.61. The fourth-order valence-electron chi connectivity index (χ4n) is 2.34. The Morgan fingerprint density at radius 1 is 1.35 bits per heavy atom. The van der Waals surface area contributed by atoms with Crippen molar-refractivity contribution in [2.24, 2.45) is 0 Å². The van der Waals surface area contributed by atoms with E-state index in [1.165, 1.54) is 0 Å². The molecule has 0 aliphatic carbocycles. The Balaban J connectivity index is 2.18. The van der Waals surface area contributed by atoms with Crippen molar-refractivity contribution in [2.45, 2.75) is 38.1 Å². The monoisotopic (exact) mass is 271 g/mol. The smallest absolute Gasteiger partial charge is 0.220 e. The van der Waals surface area contributed by atoms with Crippen molar-refractivity contribution in [2.75, 3.05) is 0 Å². The van der Waals surface area contributed by atoms with E-state index < -0.39 is 0 Å². The highest BCUT2D eigenvalue weighted by atomic mass is 35.5. The van der Waals surface area contributed by atoms with Crippen LogP contribution in [-0.2, 0) is 11.2 Å². The highest BCUT2D eigenvalue weighted by Crippen LogP contribution is 2.30. The molecule has 0 saturated carbocycles. The van der Waals surface area contributed by atoms with E-state index in [4.69, 9.17) is 23.2 Å². The van der Waals surface area contributed by atoms with E-state index in [2.05, 4.69) is 12.2 Å². The number of amides is 1. The normalized spacial score (nSPS) is 23.8. The van der Waals surface area contributed by atoms with Crippen molar-refractivity contribution in [3.8, 4) is 0 Å². The summed E-state index contributed by atoms with van der Waals surface area (Å²) in [5, 5.41) is 4.22. The molecule has 2 rings (SSSR count). The molecule has 1 aromatic carbocycles. The zero-order valence-electron chi connectivity index (χ0n) is 9.72. The van der Waals surface area contributed by atoms with Gasteiger partial charge in [0.1, 0.15) is 0 Å². The van der Waals surface area contributed by atoms with Gasteiger partial charge in [-0.05, 0) is 37.0 Å². The molecule has 4 heteroatoms. The van der Waals surface area contributed by atoms with Gasteiger partial charge < -0.3 is 5.32 Å². The largest absolute Gasteiger partial charge is 0.350 e. The summed E-state index contributed by atoms with van der Waals surface area (Å²) in [5.41, 5.74) is 1.01. The second-order valence-corrected chi connectivity index (χ2v) is 5.42. The highest BCUT2D eigenvalue weighted by molar-refractivity contribution is 6.42. The Morgan fingerprint density at radius 3 is 2.65 bits per heavy atom. The van der Waals surface area contributed by atoms with Gasteiger partial charge >= 0.3 is 0 Å². The third kappa shape index (κ3) is 2.75. The third-order valence-corrected chi connectivity index (χ3v) is 4.18. The van der Waals surface area contributed by atoms with Crippen LogP contribution in [0.2, 0.25) is 10.0 Å². The average molecular weight is 272 g/mol. The van der Waals surface area contributed by atoms with Crippen LogP contribution in [0.1, 0.15) is 31.7 Å². The molecule has 92 valence electrons. The molecule has 1 N–H and O–H groups in total. The Morgan fingerprint density at radius 2 is 2.12 bits per heavy atom. The van der Waals surface area contributed by atoms with E-state index in [1.54, 1.807) is 6.07 Å². The van der Waals surface area contributed by atoms with Crippen LogP contribution < -0.4 is 5.32 Å². The van der Waals surface area contributed by atoms with Gasteiger partial charge in [-0.25, -0.2) is 0 Å². The number of hydrogen-bond acceptors (Lipinski definition) is 1. The molecule has 1 aliphatic heterocycles. The lowest BCUT2D eigenvalue weighted by molar-refractivity contribution is -0.119. The van der Waals surface area contributed by atoms with Gasteiger partial charge in [0.05, 0.1) is 10.0 Å². The Labute approximate surface area is 111 Å². The zero-order chi connectivity index (χ0) is 12.5. The van der Waals surface area contributed by atoms with Crippen LogP contribution in [0, 0.1) is 0 Å². The molecular formula is C13H15Cl2NO. The van der Waals surface area contributed by atoms with Crippen LogP contribution in [0.5, 0.6) is 0 Å². The van der Waals surface area contributed by atoms with Gasteiger partial charge in [0.25, 0.3) is 0 Å². The Kier molecular flexibility index (Phi) is 3.64. The quantitative estimate of drug-likeness (QED) is 0.895. The number of nitrogens with one attached hydrogen (secondary N) is 1. The van der Waals surface area contributed by atoms with Gasteiger partial charge in [0.15, 0.2) is 0 Å². The summed E-state index contributed by atoms with van der Waals surface area (Å²) < 4.78 is 0. The lowest BCUT2D eigenvalue weighted by Gasteiger charge is -2.28. The molecule has 17 heavy (non-hydrogen) atoms. The molecule has 1 fully saturated rings. The minimum Gasteiger partial charge on any atom is -0.350 e. The van der Waals surface area contributed by atoms with E-state index in [0.29, 0.717) is 16.5 Å². The average Bonchev–Trinajstić information content (AvgIpc) is 2.66. The first-order chi connectivity index (χ1) is 8.04. The number of carbonyl (C=O) groups is 1. The minimum atomic E-state index is -0.103. The van der Waals surface area contributed by atoms with E-state index in [1.807, 2.05) is 12.1 Å². The maximum Gasteiger partial charge on any atom is 0.220 e. The van der Waals surface area contributed by atoms with Crippen molar-refractivity contribution in [1.82, 2.24) is 5.32 Å². The molecular weight excluding hydrogens is 257 g/mol. The van der Waals surface area contributed by atoms with Gasteiger partial charge in [0, 0.05) is 12.0 Å². The first-order valence-electron chi connectivity index (χ1n) is 5.79. The summed E-state index contributed by atoms with van der Waals surface area (Å²) in [5.74, 6) is 0.145. The molecule has 1 aromatic rings. The summed E-state index contributed by atoms with van der Waals surface area (Å²) in [4.78, 5) is 11.4. The summed E-state index contributed by atoms with van der Waals surface area (Å²) in [7, 11) is 0. The number of rotatable bonds is 3. The molecule has 1 heterocycles. The predicted molar refractivity (Wildman–Crippen MR) is 70.6 cm³/mol. The van der Waals surface area contributed by atoms with Crippen molar-refractivity contribution in [1.29, 1.82) is 0 Å². The van der Waals surface area contributed by atoms with Crippen molar-refractivity contribution >= 4 is 29.1 Å². The molecule has 1 amide bonds. The van der Waals surface area contributed by atoms with Gasteiger partial charge in [-0.3, -0.25) is 4.79 Å². The molecule has 1 atom stereocenters. The summed E-state index contributed by atoms with van der Waals surface area (Å²) in [6, 6.07) is 5.65. The molecule has 0 spiro atoms. The number of halogens is 2. The van der Waals surface area contributed by atoms with E-state index in [0.717, 1.165) is 24.8 Å². The zero-order valence-corrected chi connectivity index (χ0v) is 11.2. The fraction of sp³-hybridized carbons (Fsp3) is 0.462. The second kappa shape index (κ2) is 4.87. The molecule has 1 saturated heterocycles. The molecule has 0 bridgehead atoms. The molecule has 0 aromatic heterocycles. The van der Waals surface area contributed by atoms with Crippen LogP contribution in [0.25, 0.3) is 0 Å². The number of benzene rings is 1. The van der Waals surface area contributed by atoms with Crippen LogP contribution in [0.4, 0.5) is 0 Å². The summed E-state index contributed by atoms with van der Waals surface area (Å²) in [6.07, 6.45) is 3.25. The number of carbonyl (C=O) groups excluding carboxylic acids is 1. The van der Waals surface area contributed by atoms with Gasteiger partial charge in [-0.2, -0.15) is 0 Å². The number of hydrogen-bond donors (Lipinski definition) is 1. The third-order valence-electron chi connectivity index (χ3n) is 3.44. The molecule has 0 radical (unpaired) electrons. The van der Waals surface area contributed by atoms with Crippen LogP contribution in [0.3, 0.4) is 0 Å². The SMILES string of the molecule is CCC1(Cc2ccc(Cl)c(Cl)c2)CCC(=O)N1. The van der Waals surface area contributed by atoms with Crippen LogP contribution >= 0.6 is 23.2 Å². The molecule has 1 unspecified atom stereocenters. The van der Waals surface area contributed by atoms with E-state index >= 15 is 0 Å². The maximum atomic E-state index is 11.4. The van der Waals surface area contributed by atoms with Gasteiger partial charge in [0.2, 0.25) is 5.91 Å². The molecule has 1 aliphatic rings. The topological polar surface area (TPSA) is 29.1 Å². The maximum absolute atomic E-state index is 11.4. The first kappa shape index (κ1) is 12.7. The van der Waals surface area contributed by atoms with Crippen molar-refractivity contribution in [3.05, 3.63) is 33.8 Å². The Bertz CT molecular complexity index is 447. The lowest BCUT2D eigenvalue weighted by Crippen LogP contribution is -2.42. The minimum absolute atomic E-state index is 0.103. The van der Waals surface area contributed by atoms with Crippen LogP contribution in [-0.4, -0.2) is 11.4 Å². The summed E-state index contributed by atoms with van der Waals surface area (Å²) >= 11 is 11.9. The van der Waals surface area contributed by atoms with Gasteiger partial charge in [-0.1, -0.05) is 36.2 Å². The fourth-order valence-corrected chi connectivity index (χ4v) is 2.66. The predicted octanol–water partition coefficient (Wildman–Crippen LogP) is 3.59.